The maximum atomic E-state index is 12.3. The molecule has 0 amide bonds. The molecule has 0 atom stereocenters. The van der Waals surface area contributed by atoms with E-state index in [9.17, 15) is 9.59 Å². The van der Waals surface area contributed by atoms with Gasteiger partial charge in [-0.3, -0.25) is 4.79 Å². The molecule has 0 heterocycles. The van der Waals surface area contributed by atoms with Gasteiger partial charge < -0.3 is 20.3 Å². The quantitative estimate of drug-likeness (QED) is 0.508. The number of rotatable bonds is 4. The van der Waals surface area contributed by atoms with E-state index in [1.54, 1.807) is 24.3 Å². The van der Waals surface area contributed by atoms with Crippen molar-refractivity contribution in [3.05, 3.63) is 53.1 Å². The molecule has 0 radical (unpaired) electrons. The number of hydrogen-bond donors (Lipinski definition) is 2. The Hall–Kier alpha value is -3.46. The summed E-state index contributed by atoms with van der Waals surface area (Å²) < 4.78 is 10.4. The third-order valence-corrected chi connectivity index (χ3v) is 3.23. The zero-order valence-corrected chi connectivity index (χ0v) is 13.1. The van der Waals surface area contributed by atoms with Crippen LogP contribution in [0.2, 0.25) is 0 Å². The van der Waals surface area contributed by atoms with Gasteiger partial charge >= 0.3 is 5.97 Å². The van der Waals surface area contributed by atoms with E-state index < -0.39 is 11.8 Å². The van der Waals surface area contributed by atoms with Crippen molar-refractivity contribution in [1.82, 2.24) is 0 Å². The molecule has 0 bridgehead atoms. The lowest BCUT2D eigenvalue weighted by molar-refractivity contribution is 0.0693. The number of benzene rings is 2. The normalized spacial score (nSPS) is 9.58. The number of anilines is 1. The topological polar surface area (TPSA) is 98.9 Å². The van der Waals surface area contributed by atoms with Crippen molar-refractivity contribution in [3.63, 3.8) is 0 Å². The molecule has 2 aromatic carbocycles. The number of carbonyl (C=O) groups is 2. The van der Waals surface area contributed by atoms with Gasteiger partial charge in [-0.1, -0.05) is 18.1 Å². The van der Waals surface area contributed by atoms with Crippen LogP contribution >= 0.6 is 0 Å². The number of carboxylic acid groups (broad SMARTS) is 1. The third-order valence-electron chi connectivity index (χ3n) is 3.23. The number of nitrogens with two attached hydrogens (primary N) is 1. The van der Waals surface area contributed by atoms with Crippen LogP contribution in [0.25, 0.3) is 0 Å². The fraction of sp³-hybridized carbons (Fsp3) is 0.111. The number of carbonyl (C=O) groups excluding carboxylic acids is 1. The average Bonchev–Trinajstić information content (AvgIpc) is 2.59. The van der Waals surface area contributed by atoms with Gasteiger partial charge in [0, 0.05) is 23.4 Å². The van der Waals surface area contributed by atoms with Gasteiger partial charge in [0.15, 0.2) is 0 Å². The zero-order valence-electron chi connectivity index (χ0n) is 13.1. The summed E-state index contributed by atoms with van der Waals surface area (Å²) in [6.45, 7) is 0. The first-order chi connectivity index (χ1) is 11.5. The summed E-state index contributed by atoms with van der Waals surface area (Å²) in [4.78, 5) is 23.5. The number of ketones is 1. The summed E-state index contributed by atoms with van der Waals surface area (Å²) in [5.41, 5.74) is 6.44. The van der Waals surface area contributed by atoms with Crippen molar-refractivity contribution in [2.75, 3.05) is 20.0 Å². The second-order valence-corrected chi connectivity index (χ2v) is 4.73. The van der Waals surface area contributed by atoms with Crippen LogP contribution in [0, 0.1) is 11.8 Å². The Morgan fingerprint density at radius 2 is 1.58 bits per heavy atom. The number of Topliss-reactive ketones (excluding diaryl/α,β-unsaturated/α-hetero) is 1. The van der Waals surface area contributed by atoms with E-state index >= 15 is 0 Å². The van der Waals surface area contributed by atoms with Gasteiger partial charge in [-0.15, -0.1) is 0 Å². The van der Waals surface area contributed by atoms with Crippen molar-refractivity contribution in [3.8, 4) is 23.3 Å². The molecule has 0 aliphatic rings. The van der Waals surface area contributed by atoms with Gasteiger partial charge in [0.05, 0.1) is 19.8 Å². The minimum absolute atomic E-state index is 0.0193. The minimum Gasteiger partial charge on any atom is -0.495 e. The fourth-order valence-corrected chi connectivity index (χ4v) is 2.11. The summed E-state index contributed by atoms with van der Waals surface area (Å²) in [6.07, 6.45) is 0. The highest BCUT2D eigenvalue weighted by molar-refractivity contribution is 6.14. The third kappa shape index (κ3) is 3.47. The summed E-state index contributed by atoms with van der Waals surface area (Å²) in [5.74, 6) is 4.02. The molecule has 6 heteroatoms. The first kappa shape index (κ1) is 16.9. The van der Waals surface area contributed by atoms with Crippen LogP contribution in [-0.4, -0.2) is 31.1 Å². The number of carboxylic acids is 1. The predicted octanol–water partition coefficient (Wildman–Crippen LogP) is 2.22. The number of nitrogen functional groups attached to an aromatic ring is 1. The van der Waals surface area contributed by atoms with Crippen LogP contribution in [0.5, 0.6) is 11.5 Å². The van der Waals surface area contributed by atoms with Crippen molar-refractivity contribution in [1.29, 1.82) is 0 Å². The van der Waals surface area contributed by atoms with E-state index in [-0.39, 0.29) is 11.1 Å². The van der Waals surface area contributed by atoms with Crippen LogP contribution in [0.3, 0.4) is 0 Å². The number of hydrogen-bond acceptors (Lipinski definition) is 5. The highest BCUT2D eigenvalue weighted by atomic mass is 16.5. The largest absolute Gasteiger partial charge is 0.495 e. The minimum atomic E-state index is -1.19. The molecule has 2 aromatic rings. The Labute approximate surface area is 138 Å². The molecule has 0 spiro atoms. The molecule has 0 fully saturated rings. The Kier molecular flexibility index (Phi) is 5.07. The van der Waals surface area contributed by atoms with Crippen molar-refractivity contribution < 1.29 is 24.2 Å². The summed E-state index contributed by atoms with van der Waals surface area (Å²) >= 11 is 0. The lowest BCUT2D eigenvalue weighted by Crippen LogP contribution is -2.06. The van der Waals surface area contributed by atoms with E-state index in [0.717, 1.165) is 0 Å². The first-order valence-electron chi connectivity index (χ1n) is 6.88. The standard InChI is InChI=1S/C18H15NO5/c1-23-16-9-11(19)10-17(24-2)14(16)7-8-15(20)12-5-3-4-6-13(12)18(21)22/h3-6,9-10H,19H2,1-2H3,(H,21,22). The van der Waals surface area contributed by atoms with E-state index in [1.165, 1.54) is 26.4 Å². The molecule has 24 heavy (non-hydrogen) atoms. The van der Waals surface area contributed by atoms with E-state index in [4.69, 9.17) is 20.3 Å². The number of aromatic carboxylic acids is 1. The molecule has 0 aliphatic heterocycles. The highest BCUT2D eigenvalue weighted by Gasteiger charge is 2.15. The van der Waals surface area contributed by atoms with Gasteiger partial charge in [0.2, 0.25) is 5.78 Å². The fourth-order valence-electron chi connectivity index (χ4n) is 2.11. The zero-order chi connectivity index (χ0) is 17.7. The van der Waals surface area contributed by atoms with Gasteiger partial charge in [-0.2, -0.15) is 0 Å². The second-order valence-electron chi connectivity index (χ2n) is 4.73. The molecule has 0 aliphatic carbocycles. The Balaban J connectivity index is 2.48. The van der Waals surface area contributed by atoms with Crippen molar-refractivity contribution in [2.45, 2.75) is 0 Å². The Bertz CT molecular complexity index is 836. The van der Waals surface area contributed by atoms with Crippen LogP contribution in [-0.2, 0) is 0 Å². The Morgan fingerprint density at radius 1 is 1.04 bits per heavy atom. The maximum Gasteiger partial charge on any atom is 0.336 e. The van der Waals surface area contributed by atoms with Crippen LogP contribution < -0.4 is 15.2 Å². The van der Waals surface area contributed by atoms with Gasteiger partial charge in [-0.05, 0) is 18.1 Å². The van der Waals surface area contributed by atoms with E-state index in [1.807, 2.05) is 0 Å². The number of ether oxygens (including phenoxy) is 2. The lowest BCUT2D eigenvalue weighted by Gasteiger charge is -2.09. The molecule has 0 aromatic heterocycles. The molecule has 0 saturated carbocycles. The molecule has 6 nitrogen and oxygen atoms in total. The molecule has 0 unspecified atom stereocenters. The smallest absolute Gasteiger partial charge is 0.336 e. The second kappa shape index (κ2) is 7.20. The molecule has 0 saturated heterocycles. The maximum absolute atomic E-state index is 12.3. The molecule has 3 N–H and O–H groups in total. The summed E-state index contributed by atoms with van der Waals surface area (Å²) in [5, 5.41) is 9.14. The molecule has 122 valence electrons. The van der Waals surface area contributed by atoms with Crippen molar-refractivity contribution in [2.24, 2.45) is 0 Å². The van der Waals surface area contributed by atoms with Crippen LogP contribution in [0.4, 0.5) is 5.69 Å². The lowest BCUT2D eigenvalue weighted by atomic mass is 10.0. The highest BCUT2D eigenvalue weighted by Crippen LogP contribution is 2.30. The van der Waals surface area contributed by atoms with Crippen molar-refractivity contribution >= 4 is 17.4 Å². The number of methoxy groups -OCH3 is 2. The molecular formula is C18H15NO5. The van der Waals surface area contributed by atoms with E-state index in [0.29, 0.717) is 22.7 Å². The van der Waals surface area contributed by atoms with Crippen LogP contribution in [0.1, 0.15) is 26.3 Å². The summed E-state index contributed by atoms with van der Waals surface area (Å²) in [6, 6.07) is 9.00. The molecule has 2 rings (SSSR count). The first-order valence-corrected chi connectivity index (χ1v) is 6.88. The van der Waals surface area contributed by atoms with Gasteiger partial charge in [0.1, 0.15) is 17.1 Å². The van der Waals surface area contributed by atoms with Gasteiger partial charge in [-0.25, -0.2) is 4.79 Å². The van der Waals surface area contributed by atoms with Crippen LogP contribution in [0.15, 0.2) is 36.4 Å². The van der Waals surface area contributed by atoms with E-state index in [2.05, 4.69) is 11.8 Å². The summed E-state index contributed by atoms with van der Waals surface area (Å²) in [7, 11) is 2.89. The SMILES string of the molecule is COc1cc(N)cc(OC)c1C#CC(=O)c1ccccc1C(=O)O. The monoisotopic (exact) mass is 325 g/mol. The predicted molar refractivity (Wildman–Crippen MR) is 88.6 cm³/mol. The molecular weight excluding hydrogens is 310 g/mol. The Morgan fingerprint density at radius 3 is 2.08 bits per heavy atom. The average molecular weight is 325 g/mol. The van der Waals surface area contributed by atoms with Gasteiger partial charge in [0.25, 0.3) is 0 Å².